The summed E-state index contributed by atoms with van der Waals surface area (Å²) < 4.78 is 0. The van der Waals surface area contributed by atoms with Crippen LogP contribution in [0.3, 0.4) is 0 Å². The van der Waals surface area contributed by atoms with Gasteiger partial charge in [-0.1, -0.05) is 6.07 Å². The Kier molecular flexibility index (Phi) is 3.73. The Bertz CT molecular complexity index is 792. The Morgan fingerprint density at radius 2 is 2.18 bits per heavy atom. The molecule has 0 aliphatic heterocycles. The maximum absolute atomic E-state index is 11.8. The lowest BCUT2D eigenvalue weighted by molar-refractivity contribution is 0.103. The number of pyridine rings is 1. The highest BCUT2D eigenvalue weighted by molar-refractivity contribution is 6.05. The molecule has 22 heavy (non-hydrogen) atoms. The predicted molar refractivity (Wildman–Crippen MR) is 76.9 cm³/mol. The van der Waals surface area contributed by atoms with Gasteiger partial charge in [0.25, 0.3) is 0 Å². The number of ketones is 1. The minimum absolute atomic E-state index is 0.0517. The Morgan fingerprint density at radius 1 is 1.27 bits per heavy atom. The van der Waals surface area contributed by atoms with Gasteiger partial charge in [0, 0.05) is 30.1 Å². The molecule has 0 aliphatic carbocycles. The summed E-state index contributed by atoms with van der Waals surface area (Å²) in [7, 11) is 0. The van der Waals surface area contributed by atoms with Crippen molar-refractivity contribution < 1.29 is 9.90 Å². The largest absolute Gasteiger partial charge is 0.505 e. The van der Waals surface area contributed by atoms with E-state index in [1.54, 1.807) is 12.3 Å². The van der Waals surface area contributed by atoms with Crippen LogP contribution in [0.15, 0.2) is 42.9 Å². The first kappa shape index (κ1) is 13.7. The maximum atomic E-state index is 11.8. The summed E-state index contributed by atoms with van der Waals surface area (Å²) in [5.41, 5.74) is 1.93. The lowest BCUT2D eigenvalue weighted by Crippen LogP contribution is -1.99. The number of nitrogens with zero attached hydrogens (tertiary/aromatic N) is 4. The van der Waals surface area contributed by atoms with Crippen molar-refractivity contribution in [1.82, 2.24) is 30.4 Å². The highest BCUT2D eigenvalue weighted by Gasteiger charge is 2.11. The third-order valence-electron chi connectivity index (χ3n) is 2.91. The molecular weight excluding hydrogens is 284 g/mol. The van der Waals surface area contributed by atoms with Gasteiger partial charge in [-0.3, -0.25) is 20.0 Å². The van der Waals surface area contributed by atoms with Crippen molar-refractivity contribution in [3.63, 3.8) is 0 Å². The Balaban J connectivity index is 1.74. The number of hydrogen-bond acceptors (Lipinski definition) is 6. The van der Waals surface area contributed by atoms with Gasteiger partial charge < -0.3 is 5.11 Å². The van der Waals surface area contributed by atoms with Gasteiger partial charge in [0.15, 0.2) is 5.82 Å². The molecule has 3 aromatic heterocycles. The van der Waals surface area contributed by atoms with Crippen LogP contribution in [0.5, 0.6) is 0 Å². The quantitative estimate of drug-likeness (QED) is 0.371. The van der Waals surface area contributed by atoms with Gasteiger partial charge in [0.05, 0.1) is 0 Å². The highest BCUT2D eigenvalue weighted by atomic mass is 16.3. The average Bonchev–Trinajstić information content (AvgIpc) is 3.19. The molecule has 0 bridgehead atoms. The number of allylic oxidation sites excluding steroid dienone is 1. The summed E-state index contributed by atoms with van der Waals surface area (Å²) >= 11 is 0. The maximum Gasteiger partial charge on any atom is 0.226 e. The number of carbonyl (C=O) groups is 1. The molecule has 0 atom stereocenters. The van der Waals surface area contributed by atoms with Crippen LogP contribution in [0.25, 0.3) is 5.76 Å². The first-order chi connectivity index (χ1) is 10.7. The van der Waals surface area contributed by atoms with Crippen LogP contribution < -0.4 is 0 Å². The van der Waals surface area contributed by atoms with Crippen molar-refractivity contribution in [1.29, 1.82) is 0 Å². The van der Waals surface area contributed by atoms with E-state index in [0.29, 0.717) is 6.42 Å². The second-order valence-electron chi connectivity index (χ2n) is 4.50. The van der Waals surface area contributed by atoms with E-state index in [1.807, 2.05) is 18.2 Å². The van der Waals surface area contributed by atoms with Crippen LogP contribution in [0.2, 0.25) is 0 Å². The Morgan fingerprint density at radius 3 is 2.91 bits per heavy atom. The zero-order valence-electron chi connectivity index (χ0n) is 11.4. The molecule has 8 nitrogen and oxygen atoms in total. The van der Waals surface area contributed by atoms with Gasteiger partial charge in [0.2, 0.25) is 5.78 Å². The van der Waals surface area contributed by atoms with Crippen molar-refractivity contribution in [3.8, 4) is 0 Å². The van der Waals surface area contributed by atoms with Crippen LogP contribution in [0.4, 0.5) is 0 Å². The molecule has 0 fully saturated rings. The van der Waals surface area contributed by atoms with Crippen molar-refractivity contribution in [2.75, 3.05) is 0 Å². The van der Waals surface area contributed by atoms with Crippen LogP contribution in [0.1, 0.15) is 27.7 Å². The minimum Gasteiger partial charge on any atom is -0.505 e. The van der Waals surface area contributed by atoms with E-state index < -0.39 is 5.78 Å². The van der Waals surface area contributed by atoms with Crippen molar-refractivity contribution in [2.24, 2.45) is 0 Å². The summed E-state index contributed by atoms with van der Waals surface area (Å²) in [6.45, 7) is 0. The Labute approximate surface area is 125 Å². The molecule has 0 amide bonds. The van der Waals surface area contributed by atoms with Gasteiger partial charge >= 0.3 is 0 Å². The number of hydrogen-bond donors (Lipinski definition) is 3. The smallest absolute Gasteiger partial charge is 0.226 e. The summed E-state index contributed by atoms with van der Waals surface area (Å²) in [6.07, 6.45) is 4.52. The van der Waals surface area contributed by atoms with Gasteiger partial charge in [0.1, 0.15) is 17.8 Å². The van der Waals surface area contributed by atoms with Crippen LogP contribution in [0, 0.1) is 0 Å². The summed E-state index contributed by atoms with van der Waals surface area (Å²) in [5, 5.41) is 22.7. The summed E-state index contributed by atoms with van der Waals surface area (Å²) in [5.74, 6) is -0.676. The predicted octanol–water partition coefficient (Wildman–Crippen LogP) is 1.30. The fraction of sp³-hybridized carbons (Fsp3) is 0.0714. The van der Waals surface area contributed by atoms with Crippen molar-refractivity contribution >= 4 is 11.5 Å². The SMILES string of the molecule is O=C(C=C(O)c1cc(Cc2ccccn2)[nH]n1)c1ncn[nH]1. The molecule has 0 radical (unpaired) electrons. The monoisotopic (exact) mass is 296 g/mol. The van der Waals surface area contributed by atoms with Crippen LogP contribution >= 0.6 is 0 Å². The van der Waals surface area contributed by atoms with E-state index in [9.17, 15) is 9.90 Å². The number of aliphatic hydroxyl groups excluding tert-OH is 1. The van der Waals surface area contributed by atoms with E-state index in [0.717, 1.165) is 17.5 Å². The lowest BCUT2D eigenvalue weighted by atomic mass is 10.2. The molecule has 0 saturated heterocycles. The number of rotatable bonds is 5. The second-order valence-corrected chi connectivity index (χ2v) is 4.50. The van der Waals surface area contributed by atoms with Gasteiger partial charge in [-0.15, -0.1) is 0 Å². The highest BCUT2D eigenvalue weighted by Crippen LogP contribution is 2.12. The third-order valence-corrected chi connectivity index (χ3v) is 2.91. The fourth-order valence-corrected chi connectivity index (χ4v) is 1.87. The molecule has 3 aromatic rings. The fourth-order valence-electron chi connectivity index (χ4n) is 1.87. The van der Waals surface area contributed by atoms with E-state index in [2.05, 4.69) is 30.4 Å². The number of H-pyrrole nitrogens is 2. The van der Waals surface area contributed by atoms with Crippen molar-refractivity contribution in [3.05, 3.63) is 65.8 Å². The molecule has 0 unspecified atom stereocenters. The van der Waals surface area contributed by atoms with Crippen LogP contribution in [-0.4, -0.2) is 41.3 Å². The molecule has 0 aliphatic rings. The number of aromatic amines is 2. The summed E-state index contributed by atoms with van der Waals surface area (Å²) in [6, 6.07) is 7.29. The lowest BCUT2D eigenvalue weighted by Gasteiger charge is -1.95. The Hall–Kier alpha value is -3.29. The first-order valence-electron chi connectivity index (χ1n) is 6.47. The van der Waals surface area contributed by atoms with Crippen molar-refractivity contribution in [2.45, 2.75) is 6.42 Å². The number of aromatic nitrogens is 6. The molecule has 3 N–H and O–H groups in total. The van der Waals surface area contributed by atoms with E-state index in [4.69, 9.17) is 0 Å². The third kappa shape index (κ3) is 3.06. The molecule has 110 valence electrons. The molecule has 8 heteroatoms. The number of nitrogens with one attached hydrogen (secondary N) is 2. The van der Waals surface area contributed by atoms with E-state index in [-0.39, 0.29) is 17.3 Å². The van der Waals surface area contributed by atoms with Gasteiger partial charge in [-0.05, 0) is 18.2 Å². The molecule has 0 saturated carbocycles. The zero-order valence-corrected chi connectivity index (χ0v) is 11.4. The molecular formula is C14H12N6O2. The first-order valence-corrected chi connectivity index (χ1v) is 6.47. The normalized spacial score (nSPS) is 11.5. The molecule has 0 spiro atoms. The van der Waals surface area contributed by atoms with Crippen LogP contribution in [-0.2, 0) is 6.42 Å². The van der Waals surface area contributed by atoms with Gasteiger partial charge in [-0.2, -0.15) is 10.2 Å². The summed E-state index contributed by atoms with van der Waals surface area (Å²) in [4.78, 5) is 19.7. The van der Waals surface area contributed by atoms with E-state index in [1.165, 1.54) is 6.33 Å². The average molecular weight is 296 g/mol. The molecule has 3 rings (SSSR count). The molecule has 0 aromatic carbocycles. The standard InChI is InChI=1S/C14H12N6O2/c21-12(7-13(22)14-16-8-17-20-14)11-6-10(18-19-11)5-9-3-1-2-4-15-9/h1-4,6-8,21H,5H2,(H,18,19)(H,16,17,20). The number of aliphatic hydroxyl groups is 1. The topological polar surface area (TPSA) is 120 Å². The number of carbonyl (C=O) groups excluding carboxylic acids is 1. The zero-order chi connectivity index (χ0) is 15.4. The van der Waals surface area contributed by atoms with E-state index >= 15 is 0 Å². The van der Waals surface area contributed by atoms with Gasteiger partial charge in [-0.25, -0.2) is 4.98 Å². The second kappa shape index (κ2) is 6.00. The molecule has 3 heterocycles. The minimum atomic E-state index is -0.482.